The highest BCUT2D eigenvalue weighted by molar-refractivity contribution is 5.93. The molecule has 2 heterocycles. The summed E-state index contributed by atoms with van der Waals surface area (Å²) in [6, 6.07) is 7.41. The minimum Gasteiger partial charge on any atom is -0.467 e. The number of hydrogen-bond donors (Lipinski definition) is 0. The molecule has 0 radical (unpaired) electrons. The number of aromatic nitrogens is 1. The van der Waals surface area contributed by atoms with Crippen molar-refractivity contribution in [3.8, 4) is 0 Å². The van der Waals surface area contributed by atoms with E-state index in [4.69, 9.17) is 4.42 Å². The lowest BCUT2D eigenvalue weighted by Gasteiger charge is -2.29. The second-order valence-corrected chi connectivity index (χ2v) is 6.01. The van der Waals surface area contributed by atoms with Gasteiger partial charge in [0.2, 0.25) is 0 Å². The summed E-state index contributed by atoms with van der Waals surface area (Å²) in [5, 5.41) is 0. The van der Waals surface area contributed by atoms with Gasteiger partial charge in [0.1, 0.15) is 5.76 Å². The molecule has 2 aromatic rings. The van der Waals surface area contributed by atoms with Crippen LogP contribution in [0.3, 0.4) is 0 Å². The first-order valence-electron chi connectivity index (χ1n) is 8.04. The molecule has 1 aliphatic rings. The van der Waals surface area contributed by atoms with Crippen LogP contribution in [0.25, 0.3) is 0 Å². The molecular formula is C18H22N2O2. The first-order chi connectivity index (χ1) is 10.8. The van der Waals surface area contributed by atoms with Gasteiger partial charge in [0.15, 0.2) is 0 Å². The van der Waals surface area contributed by atoms with E-state index in [1.54, 1.807) is 24.7 Å². The molecule has 1 fully saturated rings. The van der Waals surface area contributed by atoms with E-state index < -0.39 is 0 Å². The molecule has 0 aromatic carbocycles. The third-order valence-electron chi connectivity index (χ3n) is 4.33. The van der Waals surface area contributed by atoms with Gasteiger partial charge in [-0.3, -0.25) is 9.78 Å². The maximum absolute atomic E-state index is 12.8. The van der Waals surface area contributed by atoms with Crippen LogP contribution in [0.2, 0.25) is 0 Å². The van der Waals surface area contributed by atoms with Crippen LogP contribution in [-0.2, 0) is 6.54 Å². The van der Waals surface area contributed by atoms with Crippen LogP contribution in [0, 0.1) is 5.92 Å². The number of hydrogen-bond acceptors (Lipinski definition) is 3. The average molecular weight is 298 g/mol. The molecule has 0 aliphatic heterocycles. The minimum absolute atomic E-state index is 0.0371. The summed E-state index contributed by atoms with van der Waals surface area (Å²) in [6.07, 6.45) is 11.3. The highest BCUT2D eigenvalue weighted by atomic mass is 16.3. The van der Waals surface area contributed by atoms with Crippen molar-refractivity contribution < 1.29 is 9.21 Å². The summed E-state index contributed by atoms with van der Waals surface area (Å²) in [5.74, 6) is 1.47. The number of carbonyl (C=O) groups excluding carboxylic acids is 1. The highest BCUT2D eigenvalue weighted by Crippen LogP contribution is 2.25. The molecule has 1 saturated carbocycles. The molecule has 4 heteroatoms. The monoisotopic (exact) mass is 298 g/mol. The van der Waals surface area contributed by atoms with Crippen molar-refractivity contribution in [1.29, 1.82) is 0 Å². The number of pyridine rings is 1. The summed E-state index contributed by atoms with van der Waals surface area (Å²) >= 11 is 0. The Morgan fingerprint density at radius 3 is 2.77 bits per heavy atom. The van der Waals surface area contributed by atoms with E-state index in [0.29, 0.717) is 18.0 Å². The van der Waals surface area contributed by atoms with Gasteiger partial charge in [-0.05, 0) is 43.0 Å². The van der Waals surface area contributed by atoms with Gasteiger partial charge in [-0.2, -0.15) is 0 Å². The Kier molecular flexibility index (Phi) is 4.88. The molecule has 0 saturated heterocycles. The quantitative estimate of drug-likeness (QED) is 0.841. The van der Waals surface area contributed by atoms with Gasteiger partial charge in [0.25, 0.3) is 5.91 Å². The zero-order valence-corrected chi connectivity index (χ0v) is 12.8. The Morgan fingerprint density at radius 2 is 2.09 bits per heavy atom. The van der Waals surface area contributed by atoms with Crippen LogP contribution >= 0.6 is 0 Å². The summed E-state index contributed by atoms with van der Waals surface area (Å²) in [6.45, 7) is 1.33. The van der Waals surface area contributed by atoms with E-state index in [2.05, 4.69) is 4.98 Å². The second-order valence-electron chi connectivity index (χ2n) is 6.01. The molecule has 1 aliphatic carbocycles. The fraction of sp³-hybridized carbons (Fsp3) is 0.444. The van der Waals surface area contributed by atoms with Gasteiger partial charge >= 0.3 is 0 Å². The molecule has 0 atom stereocenters. The van der Waals surface area contributed by atoms with Crippen molar-refractivity contribution in [2.75, 3.05) is 6.54 Å². The van der Waals surface area contributed by atoms with E-state index in [9.17, 15) is 4.79 Å². The van der Waals surface area contributed by atoms with Crippen molar-refractivity contribution in [3.63, 3.8) is 0 Å². The fourth-order valence-corrected chi connectivity index (χ4v) is 3.16. The van der Waals surface area contributed by atoms with Crippen LogP contribution < -0.4 is 0 Å². The molecule has 0 unspecified atom stereocenters. The Balaban J connectivity index is 1.74. The van der Waals surface area contributed by atoms with Gasteiger partial charge in [0.05, 0.1) is 18.4 Å². The van der Waals surface area contributed by atoms with Crippen LogP contribution in [0.1, 0.15) is 48.2 Å². The van der Waals surface area contributed by atoms with Crippen LogP contribution in [0.4, 0.5) is 0 Å². The molecule has 0 N–H and O–H groups in total. The van der Waals surface area contributed by atoms with Gasteiger partial charge in [-0.25, -0.2) is 0 Å². The molecule has 1 amide bonds. The smallest absolute Gasteiger partial charge is 0.255 e. The molecule has 2 aromatic heterocycles. The van der Waals surface area contributed by atoms with E-state index in [1.807, 2.05) is 23.1 Å². The number of amides is 1. The molecule has 0 bridgehead atoms. The van der Waals surface area contributed by atoms with E-state index in [0.717, 1.165) is 12.3 Å². The second kappa shape index (κ2) is 7.25. The molecule has 0 spiro atoms. The van der Waals surface area contributed by atoms with Crippen molar-refractivity contribution in [1.82, 2.24) is 9.88 Å². The summed E-state index contributed by atoms with van der Waals surface area (Å²) in [7, 11) is 0. The lowest BCUT2D eigenvalue weighted by Crippen LogP contribution is -2.35. The Hall–Kier alpha value is -2.10. The predicted molar refractivity (Wildman–Crippen MR) is 84.3 cm³/mol. The standard InChI is InChI=1S/C18H22N2O2/c21-18(16-8-4-10-19-12-16)20(14-17-9-5-11-22-17)13-15-6-2-1-3-7-15/h4-5,8-12,15H,1-3,6-7,13-14H2. The van der Waals surface area contributed by atoms with Crippen molar-refractivity contribution in [2.24, 2.45) is 5.92 Å². The topological polar surface area (TPSA) is 46.3 Å². The zero-order valence-electron chi connectivity index (χ0n) is 12.8. The minimum atomic E-state index is 0.0371. The molecular weight excluding hydrogens is 276 g/mol. The van der Waals surface area contributed by atoms with Crippen LogP contribution in [0.5, 0.6) is 0 Å². The molecule has 22 heavy (non-hydrogen) atoms. The first-order valence-corrected chi connectivity index (χ1v) is 8.04. The Labute approximate surface area is 131 Å². The van der Waals surface area contributed by atoms with Crippen molar-refractivity contribution in [3.05, 3.63) is 54.2 Å². The van der Waals surface area contributed by atoms with E-state index in [1.165, 1.54) is 32.1 Å². The SMILES string of the molecule is O=C(c1cccnc1)N(Cc1ccco1)CC1CCCCC1. The number of nitrogens with zero attached hydrogens (tertiary/aromatic N) is 2. The van der Waals surface area contributed by atoms with Gasteiger partial charge in [0, 0.05) is 18.9 Å². The van der Waals surface area contributed by atoms with Crippen LogP contribution in [-0.4, -0.2) is 22.3 Å². The lowest BCUT2D eigenvalue weighted by atomic mass is 9.89. The molecule has 3 rings (SSSR count). The predicted octanol–water partition coefficient (Wildman–Crippen LogP) is 3.90. The maximum Gasteiger partial charge on any atom is 0.255 e. The Morgan fingerprint density at radius 1 is 1.23 bits per heavy atom. The summed E-state index contributed by atoms with van der Waals surface area (Å²) in [4.78, 5) is 18.8. The van der Waals surface area contributed by atoms with E-state index >= 15 is 0 Å². The summed E-state index contributed by atoms with van der Waals surface area (Å²) < 4.78 is 5.43. The number of carbonyl (C=O) groups is 1. The van der Waals surface area contributed by atoms with Crippen molar-refractivity contribution in [2.45, 2.75) is 38.6 Å². The normalized spacial score (nSPS) is 15.6. The molecule has 116 valence electrons. The number of furan rings is 1. The third-order valence-corrected chi connectivity index (χ3v) is 4.33. The first kappa shape index (κ1) is 14.8. The fourth-order valence-electron chi connectivity index (χ4n) is 3.16. The van der Waals surface area contributed by atoms with Gasteiger partial charge < -0.3 is 9.32 Å². The van der Waals surface area contributed by atoms with Gasteiger partial charge in [-0.1, -0.05) is 19.3 Å². The lowest BCUT2D eigenvalue weighted by molar-refractivity contribution is 0.0685. The highest BCUT2D eigenvalue weighted by Gasteiger charge is 2.23. The average Bonchev–Trinajstić information content (AvgIpc) is 3.08. The van der Waals surface area contributed by atoms with Crippen molar-refractivity contribution >= 4 is 5.91 Å². The number of rotatable bonds is 5. The summed E-state index contributed by atoms with van der Waals surface area (Å²) in [5.41, 5.74) is 0.643. The van der Waals surface area contributed by atoms with E-state index in [-0.39, 0.29) is 5.91 Å². The maximum atomic E-state index is 12.8. The zero-order chi connectivity index (χ0) is 15.2. The largest absolute Gasteiger partial charge is 0.467 e. The Bertz CT molecular complexity index is 574. The van der Waals surface area contributed by atoms with Crippen LogP contribution in [0.15, 0.2) is 47.3 Å². The molecule has 4 nitrogen and oxygen atoms in total. The van der Waals surface area contributed by atoms with Gasteiger partial charge in [-0.15, -0.1) is 0 Å². The third kappa shape index (κ3) is 3.75.